The molecule has 0 atom stereocenters. The van der Waals surface area contributed by atoms with Crippen molar-refractivity contribution in [3.8, 4) is 0 Å². The van der Waals surface area contributed by atoms with Crippen molar-refractivity contribution in [1.29, 1.82) is 0 Å². The van der Waals surface area contributed by atoms with Crippen molar-refractivity contribution in [2.24, 2.45) is 0 Å². The zero-order valence-corrected chi connectivity index (χ0v) is 11.1. The zero-order chi connectivity index (χ0) is 13.9. The van der Waals surface area contributed by atoms with Gasteiger partial charge in [-0.1, -0.05) is 23.5 Å². The first-order chi connectivity index (χ1) is 9.74. The molecule has 6 heteroatoms. The van der Waals surface area contributed by atoms with Crippen LogP contribution in [0.1, 0.15) is 10.4 Å². The molecule has 0 aliphatic heterocycles. The van der Waals surface area contributed by atoms with E-state index in [4.69, 9.17) is 0 Å². The Morgan fingerprint density at radius 1 is 1.15 bits per heavy atom. The number of benzene rings is 1. The smallest absolute Gasteiger partial charge is 0.259 e. The van der Waals surface area contributed by atoms with Crippen molar-refractivity contribution in [3.63, 3.8) is 0 Å². The van der Waals surface area contributed by atoms with Crippen LogP contribution in [-0.2, 0) is 0 Å². The first-order valence-electron chi connectivity index (χ1n) is 5.85. The van der Waals surface area contributed by atoms with Crippen LogP contribution in [0.4, 0.5) is 5.13 Å². The average Bonchev–Trinajstić information content (AvgIpc) is 2.48. The second-order valence-corrected chi connectivity index (χ2v) is 4.98. The summed E-state index contributed by atoms with van der Waals surface area (Å²) in [5.74, 6) is -0.337. The van der Waals surface area contributed by atoms with E-state index in [0.717, 1.165) is 11.3 Å². The predicted octanol–water partition coefficient (Wildman–Crippen LogP) is 2.30. The average molecular weight is 283 g/mol. The van der Waals surface area contributed by atoms with E-state index in [-0.39, 0.29) is 15.8 Å². The normalized spacial score (nSPS) is 10.4. The zero-order valence-electron chi connectivity index (χ0n) is 10.2. The van der Waals surface area contributed by atoms with Gasteiger partial charge in [-0.05, 0) is 24.3 Å². The maximum absolute atomic E-state index is 12.0. The number of pyridine rings is 1. The lowest BCUT2D eigenvalue weighted by Crippen LogP contribution is -2.13. The molecule has 2 aromatic heterocycles. The van der Waals surface area contributed by atoms with Gasteiger partial charge in [0.2, 0.25) is 4.74 Å². The molecule has 0 saturated carbocycles. The summed E-state index contributed by atoms with van der Waals surface area (Å²) in [6.45, 7) is 0. The minimum Gasteiger partial charge on any atom is -0.298 e. The summed E-state index contributed by atoms with van der Waals surface area (Å²) in [4.78, 5) is 32.1. The van der Waals surface area contributed by atoms with Gasteiger partial charge in [0, 0.05) is 12.4 Å². The monoisotopic (exact) mass is 283 g/mol. The standard InChI is InChI=1S/C14H9N3O2S/c18-12(9-4-3-7-15-8-9)17-14-16-11-6-2-1-5-10(11)13(19)20-14/h1-8H,(H,16,17,18). The third-order valence-corrected chi connectivity index (χ3v) is 3.47. The summed E-state index contributed by atoms with van der Waals surface area (Å²) < 4.78 is -0.128. The highest BCUT2D eigenvalue weighted by molar-refractivity contribution is 7.13. The Bertz CT molecular complexity index is 830. The fourth-order valence-electron chi connectivity index (χ4n) is 1.74. The van der Waals surface area contributed by atoms with E-state index in [9.17, 15) is 9.59 Å². The number of para-hydroxylation sites is 1. The molecule has 1 aromatic carbocycles. The topological polar surface area (TPSA) is 72.0 Å². The second-order valence-electron chi connectivity index (χ2n) is 4.02. The van der Waals surface area contributed by atoms with Gasteiger partial charge in [-0.15, -0.1) is 0 Å². The SMILES string of the molecule is O=C(Nc1nc2ccccc2c(=O)s1)c1cccnc1. The van der Waals surface area contributed by atoms with E-state index >= 15 is 0 Å². The number of nitrogens with one attached hydrogen (secondary N) is 1. The van der Waals surface area contributed by atoms with Crippen molar-refractivity contribution in [2.45, 2.75) is 0 Å². The fraction of sp³-hybridized carbons (Fsp3) is 0. The van der Waals surface area contributed by atoms with E-state index < -0.39 is 0 Å². The third-order valence-electron chi connectivity index (χ3n) is 2.68. The van der Waals surface area contributed by atoms with E-state index in [0.29, 0.717) is 16.5 Å². The number of aromatic nitrogens is 2. The largest absolute Gasteiger partial charge is 0.298 e. The summed E-state index contributed by atoms with van der Waals surface area (Å²) in [6.07, 6.45) is 3.04. The maximum atomic E-state index is 12.0. The van der Waals surface area contributed by atoms with Crippen molar-refractivity contribution in [1.82, 2.24) is 9.97 Å². The molecule has 0 spiro atoms. The molecule has 0 aliphatic rings. The molecule has 3 aromatic rings. The van der Waals surface area contributed by atoms with Crippen LogP contribution in [0.5, 0.6) is 0 Å². The summed E-state index contributed by atoms with van der Waals surface area (Å²) in [7, 11) is 0. The Kier molecular flexibility index (Phi) is 3.22. The Hall–Kier alpha value is -2.60. The van der Waals surface area contributed by atoms with Gasteiger partial charge in [0.1, 0.15) is 0 Å². The minimum absolute atomic E-state index is 0.128. The molecule has 0 radical (unpaired) electrons. The lowest BCUT2D eigenvalue weighted by atomic mass is 10.2. The first kappa shape index (κ1) is 12.4. The molecular formula is C14H9N3O2S. The Morgan fingerprint density at radius 3 is 2.80 bits per heavy atom. The second kappa shape index (κ2) is 5.18. The quantitative estimate of drug-likeness (QED) is 0.783. The molecule has 20 heavy (non-hydrogen) atoms. The van der Waals surface area contributed by atoms with Gasteiger partial charge in [-0.2, -0.15) is 0 Å². The van der Waals surface area contributed by atoms with Crippen LogP contribution in [0, 0.1) is 0 Å². The van der Waals surface area contributed by atoms with Crippen LogP contribution in [0.15, 0.2) is 53.6 Å². The summed E-state index contributed by atoms with van der Waals surface area (Å²) in [6, 6.07) is 10.4. The van der Waals surface area contributed by atoms with Crippen LogP contribution in [0.3, 0.4) is 0 Å². The van der Waals surface area contributed by atoms with Crippen molar-refractivity contribution >= 4 is 33.3 Å². The van der Waals surface area contributed by atoms with Crippen LogP contribution in [-0.4, -0.2) is 15.9 Å². The number of rotatable bonds is 2. The van der Waals surface area contributed by atoms with Crippen LogP contribution in [0.25, 0.3) is 10.9 Å². The molecule has 98 valence electrons. The van der Waals surface area contributed by atoms with E-state index in [2.05, 4.69) is 15.3 Å². The number of fused-ring (bicyclic) bond motifs is 1. The Labute approximate surface area is 117 Å². The number of amides is 1. The van der Waals surface area contributed by atoms with Gasteiger partial charge < -0.3 is 0 Å². The van der Waals surface area contributed by atoms with Crippen molar-refractivity contribution in [2.75, 3.05) is 5.32 Å². The molecule has 5 nitrogen and oxygen atoms in total. The predicted molar refractivity (Wildman–Crippen MR) is 78.1 cm³/mol. The first-order valence-corrected chi connectivity index (χ1v) is 6.67. The van der Waals surface area contributed by atoms with Crippen LogP contribution < -0.4 is 10.1 Å². The molecule has 1 N–H and O–H groups in total. The highest BCUT2D eigenvalue weighted by atomic mass is 32.1. The number of hydrogen-bond acceptors (Lipinski definition) is 5. The van der Waals surface area contributed by atoms with Gasteiger partial charge in [-0.3, -0.25) is 19.9 Å². The van der Waals surface area contributed by atoms with E-state index in [1.165, 1.54) is 6.20 Å². The van der Waals surface area contributed by atoms with Gasteiger partial charge in [0.15, 0.2) is 5.13 Å². The summed E-state index contributed by atoms with van der Waals surface area (Å²) >= 11 is 0.911. The number of anilines is 1. The highest BCUT2D eigenvalue weighted by Crippen LogP contribution is 2.15. The molecule has 0 unspecified atom stereocenters. The van der Waals surface area contributed by atoms with Crippen molar-refractivity contribution in [3.05, 3.63) is 63.9 Å². The lowest BCUT2D eigenvalue weighted by molar-refractivity contribution is 0.102. The van der Waals surface area contributed by atoms with Gasteiger partial charge in [0.25, 0.3) is 5.91 Å². The Balaban J connectivity index is 1.96. The number of carbonyl (C=O) groups excluding carboxylic acids is 1. The van der Waals surface area contributed by atoms with Crippen LogP contribution in [0.2, 0.25) is 0 Å². The number of carbonyl (C=O) groups is 1. The molecule has 1 amide bonds. The molecular weight excluding hydrogens is 274 g/mol. The molecule has 2 heterocycles. The van der Waals surface area contributed by atoms with Gasteiger partial charge >= 0.3 is 0 Å². The van der Waals surface area contributed by atoms with Crippen molar-refractivity contribution < 1.29 is 4.79 Å². The van der Waals surface area contributed by atoms with Gasteiger partial charge in [0.05, 0.1) is 16.5 Å². The summed E-state index contributed by atoms with van der Waals surface area (Å²) in [5.41, 5.74) is 0.986. The van der Waals surface area contributed by atoms with Crippen LogP contribution >= 0.6 is 11.3 Å². The van der Waals surface area contributed by atoms with E-state index in [1.807, 2.05) is 0 Å². The Morgan fingerprint density at radius 2 is 2.00 bits per heavy atom. The number of hydrogen-bond donors (Lipinski definition) is 1. The van der Waals surface area contributed by atoms with Gasteiger partial charge in [-0.25, -0.2) is 4.98 Å². The molecule has 3 rings (SSSR count). The molecule has 0 fully saturated rings. The third kappa shape index (κ3) is 2.41. The molecule has 0 bridgehead atoms. The number of nitrogens with zero attached hydrogens (tertiary/aromatic N) is 2. The molecule has 0 aliphatic carbocycles. The maximum Gasteiger partial charge on any atom is 0.259 e. The summed E-state index contributed by atoms with van der Waals surface area (Å²) in [5, 5.41) is 3.45. The molecule has 0 saturated heterocycles. The highest BCUT2D eigenvalue weighted by Gasteiger charge is 2.09. The lowest BCUT2D eigenvalue weighted by Gasteiger charge is -2.03. The van der Waals surface area contributed by atoms with E-state index in [1.54, 1.807) is 42.6 Å². The fourth-order valence-corrected chi connectivity index (χ4v) is 2.48. The minimum atomic E-state index is -0.337.